The molecule has 0 saturated carbocycles. The smallest absolute Gasteiger partial charge is 0.0991 e. The summed E-state index contributed by atoms with van der Waals surface area (Å²) in [5.74, 6) is 0. The summed E-state index contributed by atoms with van der Waals surface area (Å²) in [5, 5.41) is 8.09. The summed E-state index contributed by atoms with van der Waals surface area (Å²) in [6.07, 6.45) is 4.53. The molecule has 102 valence electrons. The molecule has 19 heavy (non-hydrogen) atoms. The first kappa shape index (κ1) is 13.2. The molecule has 1 N–H and O–H groups in total. The van der Waals surface area contributed by atoms with Crippen molar-refractivity contribution in [2.75, 3.05) is 6.54 Å². The van der Waals surface area contributed by atoms with E-state index in [2.05, 4.69) is 29.5 Å². The van der Waals surface area contributed by atoms with Crippen LogP contribution in [-0.4, -0.2) is 16.5 Å². The van der Waals surface area contributed by atoms with Crippen molar-refractivity contribution < 1.29 is 0 Å². The summed E-state index contributed by atoms with van der Waals surface area (Å²) in [4.78, 5) is 10.8. The van der Waals surface area contributed by atoms with Crippen molar-refractivity contribution in [3.8, 4) is 0 Å². The minimum absolute atomic E-state index is 0.525. The second kappa shape index (κ2) is 5.69. The quantitative estimate of drug-likeness (QED) is 0.937. The first-order valence-corrected chi connectivity index (χ1v) is 8.58. The van der Waals surface area contributed by atoms with E-state index < -0.39 is 0 Å². The Kier molecular flexibility index (Phi) is 3.96. The van der Waals surface area contributed by atoms with Gasteiger partial charge in [0.15, 0.2) is 0 Å². The molecular weight excluding hydrogens is 274 g/mol. The van der Waals surface area contributed by atoms with Gasteiger partial charge in [0.05, 0.1) is 21.4 Å². The number of thiazole rings is 2. The van der Waals surface area contributed by atoms with Crippen LogP contribution >= 0.6 is 22.7 Å². The average molecular weight is 293 g/mol. The van der Waals surface area contributed by atoms with Gasteiger partial charge in [-0.15, -0.1) is 22.7 Å². The number of aromatic nitrogens is 2. The van der Waals surface area contributed by atoms with E-state index in [4.69, 9.17) is 4.98 Å². The molecule has 0 radical (unpaired) electrons. The fraction of sp³-hybridized carbons (Fsp3) is 0.571. The van der Waals surface area contributed by atoms with Crippen molar-refractivity contribution in [1.82, 2.24) is 15.3 Å². The maximum absolute atomic E-state index is 4.83. The predicted molar refractivity (Wildman–Crippen MR) is 81.1 cm³/mol. The molecule has 0 spiro atoms. The highest BCUT2D eigenvalue weighted by Gasteiger charge is 2.23. The highest BCUT2D eigenvalue weighted by Crippen LogP contribution is 2.34. The maximum Gasteiger partial charge on any atom is 0.0991 e. The molecule has 0 amide bonds. The molecule has 2 aromatic heterocycles. The number of aryl methyl sites for hydroxylation is 2. The van der Waals surface area contributed by atoms with Crippen molar-refractivity contribution in [2.24, 2.45) is 0 Å². The van der Waals surface area contributed by atoms with Crippen molar-refractivity contribution in [3.63, 3.8) is 0 Å². The fourth-order valence-electron chi connectivity index (χ4n) is 2.63. The number of nitrogens with zero attached hydrogens (tertiary/aromatic N) is 2. The molecule has 1 atom stereocenters. The Morgan fingerprint density at radius 2 is 2.32 bits per heavy atom. The van der Waals surface area contributed by atoms with Crippen molar-refractivity contribution in [1.29, 1.82) is 0 Å². The molecule has 3 rings (SSSR count). The first-order chi connectivity index (χ1) is 9.26. The summed E-state index contributed by atoms with van der Waals surface area (Å²) >= 11 is 3.60. The Balaban J connectivity index is 1.81. The zero-order valence-corrected chi connectivity index (χ0v) is 13.0. The Labute approximate surface area is 122 Å². The SMILES string of the molecule is CCNC1CCCc2nc(Cc3csc(C)n3)sc21. The van der Waals surface area contributed by atoms with Crippen LogP contribution in [-0.2, 0) is 12.8 Å². The third-order valence-electron chi connectivity index (χ3n) is 3.44. The Bertz CT molecular complexity index is 559. The molecule has 5 heteroatoms. The van der Waals surface area contributed by atoms with Gasteiger partial charge in [-0.3, -0.25) is 0 Å². The second-order valence-corrected chi connectivity index (χ2v) is 7.13. The van der Waals surface area contributed by atoms with Crippen LogP contribution in [0.2, 0.25) is 0 Å². The number of hydrogen-bond acceptors (Lipinski definition) is 5. The van der Waals surface area contributed by atoms with Crippen molar-refractivity contribution in [3.05, 3.63) is 31.7 Å². The zero-order valence-electron chi connectivity index (χ0n) is 11.4. The van der Waals surface area contributed by atoms with Crippen LogP contribution in [0.15, 0.2) is 5.38 Å². The molecule has 0 aromatic carbocycles. The standard InChI is InChI=1S/C14H19N3S2/c1-3-15-11-5-4-6-12-14(11)19-13(17-12)7-10-8-18-9(2)16-10/h8,11,15H,3-7H2,1-2H3. The summed E-state index contributed by atoms with van der Waals surface area (Å²) in [5.41, 5.74) is 2.48. The Hall–Kier alpha value is -0.780. The van der Waals surface area contributed by atoms with Gasteiger partial charge >= 0.3 is 0 Å². The lowest BCUT2D eigenvalue weighted by atomic mass is 9.98. The van der Waals surface area contributed by atoms with E-state index >= 15 is 0 Å². The molecule has 0 aliphatic heterocycles. The monoisotopic (exact) mass is 293 g/mol. The Morgan fingerprint density at radius 1 is 1.42 bits per heavy atom. The third-order valence-corrected chi connectivity index (χ3v) is 5.48. The molecular formula is C14H19N3S2. The molecule has 1 aliphatic rings. The van der Waals surface area contributed by atoms with Gasteiger partial charge in [-0.1, -0.05) is 6.92 Å². The van der Waals surface area contributed by atoms with E-state index in [1.807, 2.05) is 11.3 Å². The predicted octanol–water partition coefficient (Wildman–Crippen LogP) is 3.49. The maximum atomic E-state index is 4.83. The van der Waals surface area contributed by atoms with Crippen LogP contribution in [0.5, 0.6) is 0 Å². The molecule has 0 fully saturated rings. The molecule has 2 aromatic rings. The van der Waals surface area contributed by atoms with Crippen LogP contribution in [0.25, 0.3) is 0 Å². The van der Waals surface area contributed by atoms with Gasteiger partial charge in [-0.05, 0) is 32.7 Å². The lowest BCUT2D eigenvalue weighted by molar-refractivity contribution is 0.476. The second-order valence-electron chi connectivity index (χ2n) is 4.96. The minimum Gasteiger partial charge on any atom is -0.309 e. The summed E-state index contributed by atoms with van der Waals surface area (Å²) in [6, 6.07) is 0.525. The summed E-state index contributed by atoms with van der Waals surface area (Å²) in [7, 11) is 0. The molecule has 1 unspecified atom stereocenters. The molecule has 2 heterocycles. The fourth-order valence-corrected chi connectivity index (χ4v) is 4.48. The van der Waals surface area contributed by atoms with Crippen LogP contribution < -0.4 is 5.32 Å². The first-order valence-electron chi connectivity index (χ1n) is 6.89. The van der Waals surface area contributed by atoms with E-state index in [-0.39, 0.29) is 0 Å². The van der Waals surface area contributed by atoms with Crippen molar-refractivity contribution >= 4 is 22.7 Å². The lowest BCUT2D eigenvalue weighted by Gasteiger charge is -2.21. The van der Waals surface area contributed by atoms with Crippen LogP contribution in [0, 0.1) is 6.92 Å². The van der Waals surface area contributed by atoms with Gasteiger partial charge < -0.3 is 5.32 Å². The average Bonchev–Trinajstić information content (AvgIpc) is 2.97. The van der Waals surface area contributed by atoms with Gasteiger partial charge in [0, 0.05) is 22.7 Å². The minimum atomic E-state index is 0.525. The zero-order chi connectivity index (χ0) is 13.2. The number of fused-ring (bicyclic) bond motifs is 1. The number of nitrogens with one attached hydrogen (secondary N) is 1. The van der Waals surface area contributed by atoms with E-state index in [0.717, 1.165) is 30.1 Å². The van der Waals surface area contributed by atoms with Gasteiger partial charge in [0.25, 0.3) is 0 Å². The summed E-state index contributed by atoms with van der Waals surface area (Å²) in [6.45, 7) is 5.26. The molecule has 1 aliphatic carbocycles. The number of rotatable bonds is 4. The highest BCUT2D eigenvalue weighted by atomic mass is 32.1. The van der Waals surface area contributed by atoms with Crippen LogP contribution in [0.3, 0.4) is 0 Å². The van der Waals surface area contributed by atoms with Gasteiger partial charge in [0.1, 0.15) is 0 Å². The van der Waals surface area contributed by atoms with Crippen molar-refractivity contribution in [2.45, 2.75) is 45.6 Å². The number of hydrogen-bond donors (Lipinski definition) is 1. The molecule has 0 bridgehead atoms. The van der Waals surface area contributed by atoms with Gasteiger partial charge in [-0.2, -0.15) is 0 Å². The molecule has 3 nitrogen and oxygen atoms in total. The third kappa shape index (κ3) is 2.88. The van der Waals surface area contributed by atoms with E-state index in [1.54, 1.807) is 11.3 Å². The van der Waals surface area contributed by atoms with Gasteiger partial charge in [-0.25, -0.2) is 9.97 Å². The Morgan fingerprint density at radius 3 is 3.05 bits per heavy atom. The van der Waals surface area contributed by atoms with E-state index in [0.29, 0.717) is 6.04 Å². The van der Waals surface area contributed by atoms with Gasteiger partial charge in [0.2, 0.25) is 0 Å². The summed E-state index contributed by atoms with van der Waals surface area (Å²) < 4.78 is 0. The van der Waals surface area contributed by atoms with E-state index in [1.165, 1.54) is 28.4 Å². The largest absolute Gasteiger partial charge is 0.309 e. The molecule has 0 saturated heterocycles. The highest BCUT2D eigenvalue weighted by molar-refractivity contribution is 7.12. The van der Waals surface area contributed by atoms with E-state index in [9.17, 15) is 0 Å². The normalized spacial score (nSPS) is 18.5. The van der Waals surface area contributed by atoms with Crippen LogP contribution in [0.1, 0.15) is 52.1 Å². The van der Waals surface area contributed by atoms with Crippen LogP contribution in [0.4, 0.5) is 0 Å². The topological polar surface area (TPSA) is 37.8 Å². The lowest BCUT2D eigenvalue weighted by Crippen LogP contribution is -2.23.